The number of nitrogens with zero attached hydrogens (tertiary/aromatic N) is 4. The number of hydrogen-bond donors (Lipinski definition) is 0. The molecule has 0 N–H and O–H groups in total. The molecule has 7 heteroatoms. The van der Waals surface area contributed by atoms with Crippen LogP contribution in [-0.4, -0.2) is 15.5 Å². The molecule has 45 heavy (non-hydrogen) atoms. The fourth-order valence-electron chi connectivity index (χ4n) is 6.76. The minimum atomic E-state index is -0.0514. The van der Waals surface area contributed by atoms with Crippen LogP contribution < -0.4 is 9.80 Å². The van der Waals surface area contributed by atoms with Gasteiger partial charge in [0.15, 0.2) is 0 Å². The third kappa shape index (κ3) is 3.53. The van der Waals surface area contributed by atoms with Crippen molar-refractivity contribution >= 4 is 74.6 Å². The smallest absolute Gasteiger partial charge is 0.264 e. The van der Waals surface area contributed by atoms with Crippen LogP contribution >= 0.6 is 23.5 Å². The maximum Gasteiger partial charge on any atom is 0.264 e. The van der Waals surface area contributed by atoms with E-state index >= 15 is 0 Å². The van der Waals surface area contributed by atoms with Gasteiger partial charge in [-0.1, -0.05) is 84.2 Å². The Hall–Kier alpha value is -5.24. The van der Waals surface area contributed by atoms with E-state index < -0.39 is 0 Å². The third-order valence-corrected chi connectivity index (χ3v) is 11.0. The van der Waals surface area contributed by atoms with Crippen molar-refractivity contribution in [1.82, 2.24) is 9.55 Å². The van der Waals surface area contributed by atoms with Crippen LogP contribution in [0.15, 0.2) is 153 Å². The third-order valence-electron chi connectivity index (χ3n) is 8.70. The lowest BCUT2D eigenvalue weighted by atomic mass is 10.0. The van der Waals surface area contributed by atoms with E-state index in [-0.39, 0.29) is 5.91 Å². The molecule has 6 aromatic carbocycles. The number of carbonyl (C=O) groups excluding carboxylic acids is 1. The van der Waals surface area contributed by atoms with E-state index in [1.165, 1.54) is 19.6 Å². The topological polar surface area (TPSA) is 41.4 Å². The molecule has 0 aliphatic carbocycles. The van der Waals surface area contributed by atoms with Crippen LogP contribution in [-0.2, 0) is 0 Å². The summed E-state index contributed by atoms with van der Waals surface area (Å²) in [6, 6.07) is 46.3. The van der Waals surface area contributed by atoms with E-state index in [0.29, 0.717) is 11.4 Å². The summed E-state index contributed by atoms with van der Waals surface area (Å²) in [5, 5.41) is 0. The number of hydrogen-bond acceptors (Lipinski definition) is 6. The number of imidazole rings is 1. The molecule has 0 unspecified atom stereocenters. The summed E-state index contributed by atoms with van der Waals surface area (Å²) in [6.07, 6.45) is 0. The van der Waals surface area contributed by atoms with Crippen molar-refractivity contribution in [1.29, 1.82) is 0 Å². The van der Waals surface area contributed by atoms with Crippen molar-refractivity contribution in [2.24, 2.45) is 0 Å². The maximum absolute atomic E-state index is 14.3. The minimum absolute atomic E-state index is 0.0514. The van der Waals surface area contributed by atoms with E-state index in [1.807, 2.05) is 24.3 Å². The summed E-state index contributed by atoms with van der Waals surface area (Å²) >= 11 is 3.57. The average Bonchev–Trinajstić information content (AvgIpc) is 3.60. The molecule has 0 amide bonds. The predicted molar refractivity (Wildman–Crippen MR) is 183 cm³/mol. The van der Waals surface area contributed by atoms with Gasteiger partial charge in [0.1, 0.15) is 5.82 Å². The van der Waals surface area contributed by atoms with Gasteiger partial charge in [-0.05, 0) is 72.8 Å². The van der Waals surface area contributed by atoms with E-state index in [4.69, 9.17) is 4.98 Å². The second kappa shape index (κ2) is 9.38. The number of benzene rings is 6. The van der Waals surface area contributed by atoms with Gasteiger partial charge >= 0.3 is 0 Å². The van der Waals surface area contributed by atoms with Gasteiger partial charge in [0.25, 0.3) is 5.91 Å². The summed E-state index contributed by atoms with van der Waals surface area (Å²) in [5.74, 6) is 0.636. The Labute approximate surface area is 267 Å². The maximum atomic E-state index is 14.3. The number of anilines is 6. The lowest BCUT2D eigenvalue weighted by Crippen LogP contribution is -2.21. The summed E-state index contributed by atoms with van der Waals surface area (Å²) < 4.78 is 1.77. The zero-order valence-corrected chi connectivity index (χ0v) is 25.3. The Morgan fingerprint density at radius 1 is 0.467 bits per heavy atom. The zero-order valence-electron chi connectivity index (χ0n) is 23.7. The molecule has 4 heterocycles. The van der Waals surface area contributed by atoms with Crippen LogP contribution in [0.2, 0.25) is 0 Å². The SMILES string of the molecule is O=C1c2cc(N3c4ccccc4Sc4ccccc43)c(N3c4ccccc4Sc4ccccc43)cc2-c2nc3ccccc3n21. The van der Waals surface area contributed by atoms with Crippen LogP contribution in [0.5, 0.6) is 0 Å². The lowest BCUT2D eigenvalue weighted by molar-refractivity contribution is 0.0973. The quantitative estimate of drug-likeness (QED) is 0.193. The van der Waals surface area contributed by atoms with Gasteiger partial charge in [-0.3, -0.25) is 9.36 Å². The second-order valence-corrected chi connectivity index (χ2v) is 13.4. The van der Waals surface area contributed by atoms with Crippen LogP contribution in [0.1, 0.15) is 10.4 Å². The van der Waals surface area contributed by atoms with Crippen LogP contribution in [0.3, 0.4) is 0 Å². The molecule has 0 spiro atoms. The fraction of sp³-hybridized carbons (Fsp3) is 0. The van der Waals surface area contributed by atoms with Gasteiger partial charge < -0.3 is 9.80 Å². The average molecular weight is 615 g/mol. The summed E-state index contributed by atoms with van der Waals surface area (Å²) in [5.41, 5.74) is 9.45. The molecule has 0 saturated carbocycles. The summed E-state index contributed by atoms with van der Waals surface area (Å²) in [4.78, 5) is 28.6. The van der Waals surface area contributed by atoms with E-state index in [2.05, 4.69) is 119 Å². The second-order valence-electron chi connectivity index (χ2n) is 11.2. The van der Waals surface area contributed by atoms with Gasteiger partial charge in [0, 0.05) is 25.1 Å². The summed E-state index contributed by atoms with van der Waals surface area (Å²) in [7, 11) is 0. The molecule has 1 aromatic heterocycles. The normalized spacial score (nSPS) is 14.0. The molecule has 10 rings (SSSR count). The van der Waals surface area contributed by atoms with Gasteiger partial charge in [0.2, 0.25) is 0 Å². The first kappa shape index (κ1) is 25.1. The number of rotatable bonds is 2. The predicted octanol–water partition coefficient (Wildman–Crippen LogP) is 10.6. The standard InChI is InChI=1S/C38H22N4OS2/c43-38-24-22-32(41-29-15-5-9-19-35(29)45-36-20-10-6-16-30(36)41)31(21-23(24)37-39-25-11-1-2-12-26(25)42(37)38)40-27-13-3-7-17-33(27)44-34-18-8-4-14-28(34)40/h1-22H. The molecule has 0 bridgehead atoms. The molecular weight excluding hydrogens is 593 g/mol. The van der Waals surface area contributed by atoms with E-state index in [0.717, 1.165) is 50.7 Å². The highest BCUT2D eigenvalue weighted by Crippen LogP contribution is 2.58. The Balaban J connectivity index is 1.32. The first-order valence-corrected chi connectivity index (χ1v) is 16.4. The largest absolute Gasteiger partial charge is 0.306 e. The van der Waals surface area contributed by atoms with Crippen LogP contribution in [0.4, 0.5) is 34.1 Å². The monoisotopic (exact) mass is 614 g/mol. The van der Waals surface area contributed by atoms with Crippen molar-refractivity contribution in [3.8, 4) is 11.4 Å². The van der Waals surface area contributed by atoms with E-state index in [9.17, 15) is 4.79 Å². The van der Waals surface area contributed by atoms with E-state index in [1.54, 1.807) is 28.1 Å². The Morgan fingerprint density at radius 2 is 0.889 bits per heavy atom. The van der Waals surface area contributed by atoms with Crippen molar-refractivity contribution in [2.75, 3.05) is 9.80 Å². The lowest BCUT2D eigenvalue weighted by Gasteiger charge is -2.39. The van der Waals surface area contributed by atoms with Crippen molar-refractivity contribution in [3.05, 3.63) is 139 Å². The van der Waals surface area contributed by atoms with Crippen molar-refractivity contribution in [2.45, 2.75) is 19.6 Å². The number of carbonyl (C=O) groups is 1. The highest BCUT2D eigenvalue weighted by molar-refractivity contribution is 8.00. The van der Waals surface area contributed by atoms with Crippen LogP contribution in [0, 0.1) is 0 Å². The minimum Gasteiger partial charge on any atom is -0.306 e. The van der Waals surface area contributed by atoms with Gasteiger partial charge in [-0.25, -0.2) is 4.98 Å². The molecule has 0 fully saturated rings. The number of fused-ring (bicyclic) bond motifs is 9. The van der Waals surface area contributed by atoms with Crippen molar-refractivity contribution in [3.63, 3.8) is 0 Å². The Morgan fingerprint density at radius 3 is 1.40 bits per heavy atom. The first-order chi connectivity index (χ1) is 22.2. The number of para-hydroxylation sites is 6. The molecule has 3 aliphatic rings. The Bertz CT molecular complexity index is 2310. The highest BCUT2D eigenvalue weighted by Gasteiger charge is 2.37. The molecule has 5 nitrogen and oxygen atoms in total. The highest BCUT2D eigenvalue weighted by atomic mass is 32.2. The molecule has 0 atom stereocenters. The molecule has 212 valence electrons. The van der Waals surface area contributed by atoms with Crippen LogP contribution in [0.25, 0.3) is 22.4 Å². The first-order valence-electron chi connectivity index (χ1n) is 14.8. The van der Waals surface area contributed by atoms with Gasteiger partial charge in [-0.15, -0.1) is 0 Å². The fourth-order valence-corrected chi connectivity index (χ4v) is 8.87. The van der Waals surface area contributed by atoms with Gasteiger partial charge in [0.05, 0.1) is 50.7 Å². The summed E-state index contributed by atoms with van der Waals surface area (Å²) in [6.45, 7) is 0. The Kier molecular flexibility index (Phi) is 5.24. The molecule has 0 radical (unpaired) electrons. The molecule has 7 aromatic rings. The molecule has 0 saturated heterocycles. The zero-order chi connectivity index (χ0) is 29.6. The molecule has 3 aliphatic heterocycles. The van der Waals surface area contributed by atoms with Gasteiger partial charge in [-0.2, -0.15) is 0 Å². The number of aromatic nitrogens is 2. The molecular formula is C38H22N4OS2. The van der Waals surface area contributed by atoms with Crippen molar-refractivity contribution < 1.29 is 4.79 Å².